The zero-order valence-corrected chi connectivity index (χ0v) is 13.6. The molecule has 0 bridgehead atoms. The van der Waals surface area contributed by atoms with Crippen LogP contribution in [-0.4, -0.2) is 24.4 Å². The largest absolute Gasteiger partial charge is 0.376 e. The molecule has 1 fully saturated rings. The summed E-state index contributed by atoms with van der Waals surface area (Å²) >= 11 is 23.1. The van der Waals surface area contributed by atoms with Crippen molar-refractivity contribution < 1.29 is 4.74 Å². The van der Waals surface area contributed by atoms with Crippen molar-refractivity contribution in [2.75, 3.05) is 18.6 Å². The average Bonchev–Trinajstić information content (AvgIpc) is 2.88. The lowest BCUT2D eigenvalue weighted by molar-refractivity contribution is 0.114. The van der Waals surface area contributed by atoms with Crippen molar-refractivity contribution in [3.63, 3.8) is 0 Å². The maximum atomic E-state index is 6.04. The van der Waals surface area contributed by atoms with Gasteiger partial charge in [-0.25, -0.2) is 0 Å². The topological polar surface area (TPSA) is 45.3 Å². The minimum absolute atomic E-state index is 0.220. The minimum Gasteiger partial charge on any atom is -0.376 e. The highest BCUT2D eigenvalue weighted by atomic mass is 35.5. The van der Waals surface area contributed by atoms with Gasteiger partial charge in [0.1, 0.15) is 0 Å². The smallest absolute Gasteiger partial charge is 0.185 e. The van der Waals surface area contributed by atoms with Crippen molar-refractivity contribution >= 4 is 57.8 Å². The molecular formula is C12H14Cl3N3OS. The van der Waals surface area contributed by atoms with E-state index in [-0.39, 0.29) is 6.10 Å². The summed E-state index contributed by atoms with van der Waals surface area (Å²) in [6, 6.07) is 3.20. The van der Waals surface area contributed by atoms with Crippen LogP contribution in [0.2, 0.25) is 15.1 Å². The van der Waals surface area contributed by atoms with E-state index >= 15 is 0 Å². The molecule has 1 aliphatic rings. The maximum Gasteiger partial charge on any atom is 0.185 e. The molecule has 1 aromatic carbocycles. The van der Waals surface area contributed by atoms with Crippen LogP contribution in [0.15, 0.2) is 12.1 Å². The van der Waals surface area contributed by atoms with Crippen LogP contribution in [-0.2, 0) is 4.74 Å². The predicted molar refractivity (Wildman–Crippen MR) is 87.8 cm³/mol. The molecule has 2 rings (SSSR count). The Morgan fingerprint density at radius 1 is 1.30 bits per heavy atom. The van der Waals surface area contributed by atoms with E-state index in [4.69, 9.17) is 51.8 Å². The third-order valence-corrected chi connectivity index (χ3v) is 3.88. The molecule has 1 atom stereocenters. The van der Waals surface area contributed by atoms with E-state index < -0.39 is 0 Å². The van der Waals surface area contributed by atoms with Gasteiger partial charge in [-0.2, -0.15) is 0 Å². The molecule has 0 saturated carbocycles. The van der Waals surface area contributed by atoms with Crippen molar-refractivity contribution in [1.82, 2.24) is 10.7 Å². The number of hydrogen-bond acceptors (Lipinski definition) is 3. The number of rotatable bonds is 4. The summed E-state index contributed by atoms with van der Waals surface area (Å²) in [5.74, 6) is 0. The van der Waals surface area contributed by atoms with Gasteiger partial charge in [-0.1, -0.05) is 34.8 Å². The van der Waals surface area contributed by atoms with Gasteiger partial charge in [0.25, 0.3) is 0 Å². The van der Waals surface area contributed by atoms with E-state index in [2.05, 4.69) is 16.2 Å². The standard InChI is InChI=1S/C12H14Cl3N3OS/c13-7-4-9(14)11(10(15)5-7)17-18-12(20)16-6-8-2-1-3-19-8/h4-5,8,17H,1-3,6H2,(H2,16,18,20)/t8-/m1/s1. The van der Waals surface area contributed by atoms with Crippen molar-refractivity contribution in [2.45, 2.75) is 18.9 Å². The number of nitrogens with one attached hydrogen (secondary N) is 3. The molecule has 0 unspecified atom stereocenters. The van der Waals surface area contributed by atoms with Crippen LogP contribution >= 0.6 is 47.0 Å². The lowest BCUT2D eigenvalue weighted by Gasteiger charge is -2.16. The minimum atomic E-state index is 0.220. The van der Waals surface area contributed by atoms with E-state index in [0.29, 0.717) is 32.4 Å². The number of thiocarbonyl (C=S) groups is 1. The quantitative estimate of drug-likeness (QED) is 0.569. The van der Waals surface area contributed by atoms with Crippen LogP contribution in [0.25, 0.3) is 0 Å². The maximum absolute atomic E-state index is 6.04. The molecule has 0 aromatic heterocycles. The fraction of sp³-hybridized carbons (Fsp3) is 0.417. The first-order valence-corrected chi connectivity index (χ1v) is 7.66. The average molecular weight is 355 g/mol. The number of ether oxygens (including phenoxy) is 1. The van der Waals surface area contributed by atoms with E-state index in [1.807, 2.05) is 0 Å². The van der Waals surface area contributed by atoms with Gasteiger partial charge in [0.05, 0.1) is 21.8 Å². The number of benzene rings is 1. The normalized spacial score (nSPS) is 17.9. The number of hydrogen-bond donors (Lipinski definition) is 3. The lowest BCUT2D eigenvalue weighted by Crippen LogP contribution is -2.42. The molecule has 1 heterocycles. The summed E-state index contributed by atoms with van der Waals surface area (Å²) in [5.41, 5.74) is 6.22. The second-order valence-electron chi connectivity index (χ2n) is 4.34. The lowest BCUT2D eigenvalue weighted by atomic mass is 10.2. The molecule has 110 valence electrons. The fourth-order valence-corrected chi connectivity index (χ4v) is 2.88. The second-order valence-corrected chi connectivity index (χ2v) is 6.00. The monoisotopic (exact) mass is 353 g/mol. The first-order valence-electron chi connectivity index (χ1n) is 6.12. The highest BCUT2D eigenvalue weighted by Crippen LogP contribution is 2.32. The fourth-order valence-electron chi connectivity index (χ4n) is 1.84. The van der Waals surface area contributed by atoms with Gasteiger partial charge in [-0.05, 0) is 37.2 Å². The molecule has 4 nitrogen and oxygen atoms in total. The number of anilines is 1. The van der Waals surface area contributed by atoms with Crippen LogP contribution in [0, 0.1) is 0 Å². The van der Waals surface area contributed by atoms with Crippen molar-refractivity contribution in [1.29, 1.82) is 0 Å². The summed E-state index contributed by atoms with van der Waals surface area (Å²) in [4.78, 5) is 0. The van der Waals surface area contributed by atoms with E-state index in [1.54, 1.807) is 12.1 Å². The molecule has 0 radical (unpaired) electrons. The Labute approximate surface area is 138 Å². The molecule has 20 heavy (non-hydrogen) atoms. The second kappa shape index (κ2) is 7.52. The SMILES string of the molecule is S=C(NC[C@H]1CCCO1)NNc1c(Cl)cc(Cl)cc1Cl. The summed E-state index contributed by atoms with van der Waals surface area (Å²) < 4.78 is 5.49. The van der Waals surface area contributed by atoms with Crippen molar-refractivity contribution in [2.24, 2.45) is 0 Å². The number of halogens is 3. The Balaban J connectivity index is 1.81. The van der Waals surface area contributed by atoms with E-state index in [9.17, 15) is 0 Å². The third kappa shape index (κ3) is 4.53. The summed E-state index contributed by atoms with van der Waals surface area (Å²) in [6.45, 7) is 1.50. The van der Waals surface area contributed by atoms with Crippen LogP contribution in [0.5, 0.6) is 0 Å². The van der Waals surface area contributed by atoms with Gasteiger partial charge >= 0.3 is 0 Å². The molecule has 0 spiro atoms. The number of hydrazine groups is 1. The molecule has 8 heteroatoms. The Kier molecular flexibility index (Phi) is 5.99. The predicted octanol–water partition coefficient (Wildman–Crippen LogP) is 3.62. The molecule has 3 N–H and O–H groups in total. The summed E-state index contributed by atoms with van der Waals surface area (Å²) in [5, 5.41) is 4.82. The van der Waals surface area contributed by atoms with Gasteiger partial charge in [-0.3, -0.25) is 10.9 Å². The Morgan fingerprint density at radius 3 is 2.60 bits per heavy atom. The van der Waals surface area contributed by atoms with Gasteiger partial charge < -0.3 is 10.1 Å². The Morgan fingerprint density at radius 2 is 2.00 bits per heavy atom. The summed E-state index contributed by atoms with van der Waals surface area (Å²) in [6.07, 6.45) is 2.37. The molecule has 1 aromatic rings. The molecular weight excluding hydrogens is 341 g/mol. The van der Waals surface area contributed by atoms with Crippen LogP contribution in [0.4, 0.5) is 5.69 Å². The van der Waals surface area contributed by atoms with Crippen LogP contribution in [0.3, 0.4) is 0 Å². The Bertz CT molecular complexity index is 472. The molecule has 1 saturated heterocycles. The van der Waals surface area contributed by atoms with Crippen LogP contribution < -0.4 is 16.2 Å². The third-order valence-electron chi connectivity index (χ3n) is 2.82. The first kappa shape index (κ1) is 15.9. The highest BCUT2D eigenvalue weighted by molar-refractivity contribution is 7.80. The summed E-state index contributed by atoms with van der Waals surface area (Å²) in [7, 11) is 0. The van der Waals surface area contributed by atoms with Gasteiger partial charge in [0.2, 0.25) is 0 Å². The van der Waals surface area contributed by atoms with Gasteiger partial charge in [-0.15, -0.1) is 0 Å². The van der Waals surface area contributed by atoms with Crippen molar-refractivity contribution in [3.05, 3.63) is 27.2 Å². The van der Waals surface area contributed by atoms with Gasteiger partial charge in [0, 0.05) is 18.2 Å². The molecule has 1 aliphatic heterocycles. The van der Waals surface area contributed by atoms with E-state index in [1.165, 1.54) is 0 Å². The zero-order valence-electron chi connectivity index (χ0n) is 10.5. The highest BCUT2D eigenvalue weighted by Gasteiger charge is 2.15. The van der Waals surface area contributed by atoms with E-state index in [0.717, 1.165) is 19.4 Å². The van der Waals surface area contributed by atoms with Crippen molar-refractivity contribution in [3.8, 4) is 0 Å². The zero-order chi connectivity index (χ0) is 14.5. The first-order chi connectivity index (χ1) is 9.56. The van der Waals surface area contributed by atoms with Gasteiger partial charge in [0.15, 0.2) is 5.11 Å². The van der Waals surface area contributed by atoms with Crippen LogP contribution in [0.1, 0.15) is 12.8 Å². The Hall–Kier alpha value is -0.460. The molecule has 0 amide bonds. The molecule has 0 aliphatic carbocycles.